The maximum Gasteiger partial charge on any atom is 0.425 e. The topological polar surface area (TPSA) is 134 Å². The highest BCUT2D eigenvalue weighted by molar-refractivity contribution is 5.98. The van der Waals surface area contributed by atoms with E-state index in [2.05, 4.69) is 25.5 Å². The average molecular weight is 590 g/mol. The Morgan fingerprint density at radius 3 is 2.49 bits per heavy atom. The Morgan fingerprint density at radius 1 is 1.07 bits per heavy atom. The lowest BCUT2D eigenvalue weighted by Gasteiger charge is -2.26. The largest absolute Gasteiger partial charge is 0.497 e. The van der Waals surface area contributed by atoms with Crippen LogP contribution in [0.5, 0.6) is 17.2 Å². The van der Waals surface area contributed by atoms with Crippen molar-refractivity contribution in [3.8, 4) is 17.2 Å². The highest BCUT2D eigenvalue weighted by atomic mass is 16.6. The van der Waals surface area contributed by atoms with Crippen LogP contribution in [0.15, 0.2) is 54.4 Å². The smallest absolute Gasteiger partial charge is 0.425 e. The molecule has 0 spiro atoms. The standard InChI is InChI=1S/C31H39N7O5/c1-21-7-6-8-22(2)29(21)43-31(39)38(26-10-9-25(40-4)18-27(26)41-5)28-17-23(3)34-30(36-28)35-24(19-32)20-33-11-12-37-13-15-42-16-14-37/h6-10,17-20,32-33H,11-16H2,1-5H3,(H,34,35,36)/b24-20+,32-19?. The van der Waals surface area contributed by atoms with Crippen LogP contribution >= 0.6 is 0 Å². The van der Waals surface area contributed by atoms with Crippen molar-refractivity contribution in [2.24, 2.45) is 0 Å². The molecule has 3 N–H and O–H groups in total. The van der Waals surface area contributed by atoms with Crippen molar-refractivity contribution in [1.82, 2.24) is 20.2 Å². The zero-order chi connectivity index (χ0) is 30.8. The molecule has 4 rings (SSSR count). The van der Waals surface area contributed by atoms with Crippen LogP contribution in [-0.4, -0.2) is 80.8 Å². The lowest BCUT2D eigenvalue weighted by Crippen LogP contribution is -2.39. The lowest BCUT2D eigenvalue weighted by molar-refractivity contribution is 0.0388. The number of carbonyl (C=O) groups excluding carboxylic acids is 1. The van der Waals surface area contributed by atoms with E-state index in [1.54, 1.807) is 44.5 Å². The molecule has 0 atom stereocenters. The number of ether oxygens (including phenoxy) is 4. The van der Waals surface area contributed by atoms with Gasteiger partial charge in [-0.15, -0.1) is 0 Å². The van der Waals surface area contributed by atoms with E-state index in [-0.39, 0.29) is 11.8 Å². The lowest BCUT2D eigenvalue weighted by atomic mass is 10.1. The fourth-order valence-electron chi connectivity index (χ4n) is 4.57. The van der Waals surface area contributed by atoms with Gasteiger partial charge in [-0.1, -0.05) is 18.2 Å². The van der Waals surface area contributed by atoms with Gasteiger partial charge in [-0.05, 0) is 44.0 Å². The predicted molar refractivity (Wildman–Crippen MR) is 166 cm³/mol. The molecule has 0 aliphatic carbocycles. The van der Waals surface area contributed by atoms with Gasteiger partial charge < -0.3 is 35.0 Å². The van der Waals surface area contributed by atoms with E-state index < -0.39 is 6.09 Å². The van der Waals surface area contributed by atoms with Crippen molar-refractivity contribution in [3.63, 3.8) is 0 Å². The Kier molecular flexibility index (Phi) is 10.9. The van der Waals surface area contributed by atoms with Gasteiger partial charge >= 0.3 is 6.09 Å². The van der Waals surface area contributed by atoms with Gasteiger partial charge in [-0.3, -0.25) is 4.90 Å². The molecule has 12 heteroatoms. The number of aromatic nitrogens is 2. The molecule has 1 aromatic heterocycles. The number of hydrogen-bond donors (Lipinski definition) is 3. The molecule has 228 valence electrons. The molecule has 0 unspecified atom stereocenters. The van der Waals surface area contributed by atoms with E-state index in [4.69, 9.17) is 24.4 Å². The summed E-state index contributed by atoms with van der Waals surface area (Å²) in [5, 5.41) is 14.2. The van der Waals surface area contributed by atoms with E-state index >= 15 is 0 Å². The van der Waals surface area contributed by atoms with Gasteiger partial charge in [0.05, 0.1) is 38.8 Å². The molecule has 1 saturated heterocycles. The van der Waals surface area contributed by atoms with Crippen LogP contribution < -0.4 is 29.7 Å². The number of methoxy groups -OCH3 is 2. The molecular weight excluding hydrogens is 550 g/mol. The fraction of sp³-hybridized carbons (Fsp3) is 0.355. The maximum absolute atomic E-state index is 13.9. The minimum Gasteiger partial charge on any atom is -0.497 e. The van der Waals surface area contributed by atoms with Gasteiger partial charge in [0.1, 0.15) is 23.1 Å². The molecule has 0 bridgehead atoms. The monoisotopic (exact) mass is 589 g/mol. The molecule has 1 fully saturated rings. The summed E-state index contributed by atoms with van der Waals surface area (Å²) in [4.78, 5) is 26.7. The van der Waals surface area contributed by atoms with E-state index in [1.165, 1.54) is 18.2 Å². The Labute approximate surface area is 252 Å². The first-order valence-electron chi connectivity index (χ1n) is 14.0. The molecule has 43 heavy (non-hydrogen) atoms. The van der Waals surface area contributed by atoms with Crippen molar-refractivity contribution in [3.05, 3.63) is 71.2 Å². The fourth-order valence-corrected chi connectivity index (χ4v) is 4.57. The zero-order valence-corrected chi connectivity index (χ0v) is 25.3. The van der Waals surface area contributed by atoms with Gasteiger partial charge in [0.15, 0.2) is 0 Å². The molecule has 1 amide bonds. The second kappa shape index (κ2) is 15.0. The first kappa shape index (κ1) is 31.3. The van der Waals surface area contributed by atoms with Crippen molar-refractivity contribution in [2.45, 2.75) is 20.8 Å². The van der Waals surface area contributed by atoms with Crippen LogP contribution in [0.3, 0.4) is 0 Å². The molecule has 2 heterocycles. The number of anilines is 3. The minimum atomic E-state index is -0.683. The minimum absolute atomic E-state index is 0.206. The second-order valence-corrected chi connectivity index (χ2v) is 9.93. The number of amides is 1. The van der Waals surface area contributed by atoms with Gasteiger partial charge in [-0.2, -0.15) is 4.98 Å². The molecule has 2 aromatic carbocycles. The van der Waals surface area contributed by atoms with Gasteiger partial charge in [0.25, 0.3) is 0 Å². The van der Waals surface area contributed by atoms with E-state index in [0.717, 1.165) is 44.0 Å². The maximum atomic E-state index is 13.9. The van der Waals surface area contributed by atoms with Crippen LogP contribution in [0.2, 0.25) is 0 Å². The quantitative estimate of drug-likeness (QED) is 0.204. The summed E-state index contributed by atoms with van der Waals surface area (Å²) in [5.41, 5.74) is 3.08. The third-order valence-electron chi connectivity index (χ3n) is 6.82. The highest BCUT2D eigenvalue weighted by Gasteiger charge is 2.27. The van der Waals surface area contributed by atoms with E-state index in [1.807, 2.05) is 32.0 Å². The summed E-state index contributed by atoms with van der Waals surface area (Å²) in [7, 11) is 3.07. The summed E-state index contributed by atoms with van der Waals surface area (Å²) in [6.07, 6.45) is 2.20. The number of nitrogens with one attached hydrogen (secondary N) is 3. The molecule has 1 aliphatic heterocycles. The van der Waals surface area contributed by atoms with Crippen molar-refractivity contribution >= 4 is 29.8 Å². The number of carbonyl (C=O) groups is 1. The van der Waals surface area contributed by atoms with Gasteiger partial charge in [0.2, 0.25) is 5.95 Å². The Bertz CT molecular complexity index is 1440. The Hall–Kier alpha value is -4.68. The Morgan fingerprint density at radius 2 is 1.81 bits per heavy atom. The number of rotatable bonds is 12. The molecule has 3 aromatic rings. The van der Waals surface area contributed by atoms with Gasteiger partial charge in [-0.25, -0.2) is 14.7 Å². The Balaban J connectivity index is 1.64. The first-order valence-corrected chi connectivity index (χ1v) is 14.0. The highest BCUT2D eigenvalue weighted by Crippen LogP contribution is 2.37. The second-order valence-electron chi connectivity index (χ2n) is 9.93. The van der Waals surface area contributed by atoms with Crippen LogP contribution in [0.1, 0.15) is 16.8 Å². The van der Waals surface area contributed by atoms with E-state index in [9.17, 15) is 4.79 Å². The number of benzene rings is 2. The number of allylic oxidation sites excluding steroid dienone is 1. The van der Waals surface area contributed by atoms with E-state index in [0.29, 0.717) is 40.9 Å². The third-order valence-corrected chi connectivity index (χ3v) is 6.82. The van der Waals surface area contributed by atoms with Crippen LogP contribution in [0.4, 0.5) is 22.2 Å². The zero-order valence-electron chi connectivity index (χ0n) is 25.3. The number of morpholine rings is 1. The summed E-state index contributed by atoms with van der Waals surface area (Å²) < 4.78 is 22.3. The number of aryl methyl sites for hydroxylation is 3. The van der Waals surface area contributed by atoms with Crippen LogP contribution in [0, 0.1) is 26.2 Å². The summed E-state index contributed by atoms with van der Waals surface area (Å²) in [6.45, 7) is 10.4. The van der Waals surface area contributed by atoms with Crippen LogP contribution in [0.25, 0.3) is 0 Å². The summed E-state index contributed by atoms with van der Waals surface area (Å²) in [6, 6.07) is 12.5. The number of nitrogens with zero attached hydrogens (tertiary/aromatic N) is 4. The first-order chi connectivity index (χ1) is 20.8. The number of para-hydroxylation sites is 1. The molecule has 1 aliphatic rings. The normalized spacial score (nSPS) is 13.7. The molecule has 12 nitrogen and oxygen atoms in total. The number of hydrogen-bond acceptors (Lipinski definition) is 11. The molecule has 0 saturated carbocycles. The van der Waals surface area contributed by atoms with Crippen molar-refractivity contribution in [1.29, 1.82) is 5.41 Å². The average Bonchev–Trinajstić information content (AvgIpc) is 3.01. The predicted octanol–water partition coefficient (Wildman–Crippen LogP) is 4.58. The van der Waals surface area contributed by atoms with Crippen molar-refractivity contribution in [2.75, 3.05) is 63.8 Å². The van der Waals surface area contributed by atoms with Crippen molar-refractivity contribution < 1.29 is 23.7 Å². The van der Waals surface area contributed by atoms with Gasteiger partial charge in [0, 0.05) is 56.4 Å². The SMILES string of the molecule is COc1ccc(N(C(=O)Oc2c(C)cccc2C)c2cc(C)nc(N/C(C=N)=C/NCCN3CCOCC3)n2)c(OC)c1. The van der Waals surface area contributed by atoms with Crippen LogP contribution in [-0.2, 0) is 4.74 Å². The molecule has 0 radical (unpaired) electrons. The third kappa shape index (κ3) is 8.21. The summed E-state index contributed by atoms with van der Waals surface area (Å²) in [5.74, 6) is 1.86. The summed E-state index contributed by atoms with van der Waals surface area (Å²) >= 11 is 0. The molecular formula is C31H39N7O5.